The van der Waals surface area contributed by atoms with Crippen LogP contribution in [0.2, 0.25) is 0 Å². The van der Waals surface area contributed by atoms with Gasteiger partial charge in [0.1, 0.15) is 10.3 Å². The molecule has 9 heavy (non-hydrogen) atoms. The summed E-state index contributed by atoms with van der Waals surface area (Å²) in [6.45, 7) is 0. The molecule has 0 aromatic carbocycles. The fraction of sp³-hybridized carbons (Fsp3) is 0.167. The van der Waals surface area contributed by atoms with E-state index in [0.29, 0.717) is 0 Å². The van der Waals surface area contributed by atoms with E-state index in [-0.39, 0.29) is 0 Å². The van der Waals surface area contributed by atoms with E-state index < -0.39 is 0 Å². The van der Waals surface area contributed by atoms with Crippen LogP contribution >= 0.6 is 15.9 Å². The Hall–Kier alpha value is -0.750. The Morgan fingerprint density at radius 1 is 1.89 bits per heavy atom. The molecule has 0 radical (unpaired) electrons. The van der Waals surface area contributed by atoms with Crippen molar-refractivity contribution >= 4 is 15.9 Å². The van der Waals surface area contributed by atoms with Gasteiger partial charge in [-0.25, -0.2) is 0 Å². The van der Waals surface area contributed by atoms with Gasteiger partial charge in [-0.15, -0.1) is 6.42 Å². The summed E-state index contributed by atoms with van der Waals surface area (Å²) in [6.07, 6.45) is 5.13. The second-order valence-corrected chi connectivity index (χ2v) is 2.43. The van der Waals surface area contributed by atoms with Crippen molar-refractivity contribution < 1.29 is 0 Å². The molecular formula is C6H5BrN2. The summed E-state index contributed by atoms with van der Waals surface area (Å²) in [7, 11) is 1.81. The minimum Gasteiger partial charge on any atom is -0.259 e. The molecule has 0 atom stereocenters. The van der Waals surface area contributed by atoms with Crippen LogP contribution in [0, 0.1) is 12.3 Å². The Kier molecular flexibility index (Phi) is 1.58. The molecule has 1 heterocycles. The lowest BCUT2D eigenvalue weighted by atomic mass is 10.4. The number of aromatic nitrogens is 2. The lowest BCUT2D eigenvalue weighted by molar-refractivity contribution is 0.751. The molecule has 0 unspecified atom stereocenters. The highest BCUT2D eigenvalue weighted by Crippen LogP contribution is 2.07. The molecule has 0 aliphatic rings. The van der Waals surface area contributed by atoms with E-state index >= 15 is 0 Å². The summed E-state index contributed by atoms with van der Waals surface area (Å²) in [5, 5.41) is 3.97. The van der Waals surface area contributed by atoms with Gasteiger partial charge in [-0.2, -0.15) is 5.10 Å². The normalized spacial score (nSPS) is 9.00. The molecule has 3 heteroatoms. The van der Waals surface area contributed by atoms with Crippen molar-refractivity contribution in [1.82, 2.24) is 9.78 Å². The van der Waals surface area contributed by atoms with Crippen LogP contribution < -0.4 is 0 Å². The average Bonchev–Trinajstić information content (AvgIpc) is 2.10. The van der Waals surface area contributed by atoms with Gasteiger partial charge in [0, 0.05) is 13.1 Å². The lowest BCUT2D eigenvalue weighted by Gasteiger charge is -1.86. The molecule has 0 aliphatic carbocycles. The highest BCUT2D eigenvalue weighted by molar-refractivity contribution is 9.10. The maximum atomic E-state index is 5.13. The number of hydrogen-bond donors (Lipinski definition) is 0. The predicted molar refractivity (Wildman–Crippen MR) is 38.8 cm³/mol. The third kappa shape index (κ3) is 1.14. The predicted octanol–water partition coefficient (Wildman–Crippen LogP) is 1.16. The molecule has 0 spiro atoms. The number of rotatable bonds is 0. The summed E-state index contributed by atoms with van der Waals surface area (Å²) < 4.78 is 2.42. The van der Waals surface area contributed by atoms with E-state index in [4.69, 9.17) is 6.42 Å². The molecule has 0 aliphatic heterocycles. The molecule has 1 aromatic heterocycles. The quantitative estimate of drug-likeness (QED) is 0.554. The zero-order chi connectivity index (χ0) is 6.85. The van der Waals surface area contributed by atoms with Crippen LogP contribution in [0.5, 0.6) is 0 Å². The van der Waals surface area contributed by atoms with Crippen LogP contribution in [0.4, 0.5) is 0 Å². The van der Waals surface area contributed by atoms with Crippen molar-refractivity contribution in [3.63, 3.8) is 0 Å². The minimum absolute atomic E-state index is 0.776. The monoisotopic (exact) mass is 184 g/mol. The summed E-state index contributed by atoms with van der Waals surface area (Å²) in [6, 6.07) is 1.79. The minimum atomic E-state index is 0.776. The van der Waals surface area contributed by atoms with E-state index in [9.17, 15) is 0 Å². The van der Waals surface area contributed by atoms with E-state index in [1.807, 2.05) is 0 Å². The second kappa shape index (κ2) is 2.24. The maximum Gasteiger partial charge on any atom is 0.129 e. The topological polar surface area (TPSA) is 17.8 Å². The highest BCUT2D eigenvalue weighted by atomic mass is 79.9. The fourth-order valence-corrected chi connectivity index (χ4v) is 1.02. The molecule has 1 rings (SSSR count). The Morgan fingerprint density at radius 2 is 2.56 bits per heavy atom. The summed E-state index contributed by atoms with van der Waals surface area (Å²) >= 11 is 3.20. The molecule has 0 saturated carbocycles. The molecule has 0 amide bonds. The summed E-state index contributed by atoms with van der Waals surface area (Å²) in [5.74, 6) is 2.49. The van der Waals surface area contributed by atoms with Crippen molar-refractivity contribution in [2.45, 2.75) is 0 Å². The van der Waals surface area contributed by atoms with Crippen molar-refractivity contribution in [3.8, 4) is 12.3 Å². The van der Waals surface area contributed by atoms with Gasteiger partial charge in [-0.3, -0.25) is 4.68 Å². The zero-order valence-electron chi connectivity index (χ0n) is 4.93. The highest BCUT2D eigenvalue weighted by Gasteiger charge is 1.96. The zero-order valence-corrected chi connectivity index (χ0v) is 6.51. The van der Waals surface area contributed by atoms with Gasteiger partial charge < -0.3 is 0 Å². The molecule has 46 valence electrons. The average molecular weight is 185 g/mol. The molecule has 2 nitrogen and oxygen atoms in total. The number of terminal acetylenes is 1. The molecule has 0 bridgehead atoms. The van der Waals surface area contributed by atoms with Gasteiger partial charge in [0.05, 0.1) is 0 Å². The standard InChI is InChI=1S/C6H5BrN2/c1-3-5-4-6(7)8-9(5)2/h1,4H,2H3. The Labute approximate surface area is 62.0 Å². The van der Waals surface area contributed by atoms with Gasteiger partial charge in [0.15, 0.2) is 0 Å². The maximum absolute atomic E-state index is 5.13. The van der Waals surface area contributed by atoms with Gasteiger partial charge in [-0.05, 0) is 15.9 Å². The fourth-order valence-electron chi connectivity index (χ4n) is 0.567. The van der Waals surface area contributed by atoms with E-state index in [0.717, 1.165) is 10.3 Å². The van der Waals surface area contributed by atoms with Crippen LogP contribution in [0.25, 0.3) is 0 Å². The number of nitrogens with zero attached hydrogens (tertiary/aromatic N) is 2. The first-order valence-corrected chi connectivity index (χ1v) is 3.19. The van der Waals surface area contributed by atoms with Crippen LogP contribution in [-0.4, -0.2) is 9.78 Å². The first kappa shape index (κ1) is 6.37. The van der Waals surface area contributed by atoms with Crippen molar-refractivity contribution in [1.29, 1.82) is 0 Å². The number of halogens is 1. The largest absolute Gasteiger partial charge is 0.259 e. The van der Waals surface area contributed by atoms with Crippen molar-refractivity contribution in [2.75, 3.05) is 0 Å². The van der Waals surface area contributed by atoms with Crippen LogP contribution in [0.1, 0.15) is 5.69 Å². The van der Waals surface area contributed by atoms with Gasteiger partial charge in [0.2, 0.25) is 0 Å². The summed E-state index contributed by atoms with van der Waals surface area (Å²) in [5.41, 5.74) is 0.780. The number of aryl methyl sites for hydroxylation is 1. The summed E-state index contributed by atoms with van der Waals surface area (Å²) in [4.78, 5) is 0. The van der Waals surface area contributed by atoms with Gasteiger partial charge in [-0.1, -0.05) is 5.92 Å². The lowest BCUT2D eigenvalue weighted by Crippen LogP contribution is -1.92. The molecule has 0 N–H and O–H groups in total. The van der Waals surface area contributed by atoms with E-state index in [1.54, 1.807) is 17.8 Å². The van der Waals surface area contributed by atoms with Crippen LogP contribution in [-0.2, 0) is 7.05 Å². The smallest absolute Gasteiger partial charge is 0.129 e. The van der Waals surface area contributed by atoms with Crippen molar-refractivity contribution in [2.24, 2.45) is 7.05 Å². The SMILES string of the molecule is C#Cc1cc(Br)nn1C. The molecular weight excluding hydrogens is 180 g/mol. The molecule has 0 saturated heterocycles. The van der Waals surface area contributed by atoms with Gasteiger partial charge in [0.25, 0.3) is 0 Å². The molecule has 0 fully saturated rings. The Balaban J connectivity index is 3.20. The first-order chi connectivity index (χ1) is 4.24. The third-order valence-electron chi connectivity index (χ3n) is 0.998. The van der Waals surface area contributed by atoms with E-state index in [2.05, 4.69) is 26.9 Å². The van der Waals surface area contributed by atoms with E-state index in [1.165, 1.54) is 0 Å². The number of hydrogen-bond acceptors (Lipinski definition) is 1. The Bertz CT molecular complexity index is 257. The van der Waals surface area contributed by atoms with Crippen LogP contribution in [0.15, 0.2) is 10.7 Å². The van der Waals surface area contributed by atoms with Crippen LogP contribution in [0.3, 0.4) is 0 Å². The second-order valence-electron chi connectivity index (χ2n) is 1.62. The Morgan fingerprint density at radius 3 is 2.78 bits per heavy atom. The first-order valence-electron chi connectivity index (χ1n) is 2.40. The third-order valence-corrected chi connectivity index (χ3v) is 1.39. The van der Waals surface area contributed by atoms with Crippen molar-refractivity contribution in [3.05, 3.63) is 16.4 Å². The molecule has 1 aromatic rings. The van der Waals surface area contributed by atoms with Gasteiger partial charge >= 0.3 is 0 Å².